The Morgan fingerprint density at radius 3 is 2.21 bits per heavy atom. The Morgan fingerprint density at radius 2 is 1.58 bits per heavy atom. The Hall–Kier alpha value is -1.63. The number of nitrogens with two attached hydrogens (primary N) is 1. The monoisotopic (exact) mass is 272 g/mol. The third-order valence-electron chi connectivity index (χ3n) is 2.45. The van der Waals surface area contributed by atoms with Crippen molar-refractivity contribution in [3.63, 3.8) is 0 Å². The summed E-state index contributed by atoms with van der Waals surface area (Å²) < 4.78 is 0. The van der Waals surface area contributed by atoms with Gasteiger partial charge in [-0.05, 0) is 32.9 Å². The van der Waals surface area contributed by atoms with E-state index in [0.717, 1.165) is 19.4 Å². The first-order valence-corrected chi connectivity index (χ1v) is 6.52. The number of hydrogen-bond acceptors (Lipinski definition) is 4. The second-order valence-corrected chi connectivity index (χ2v) is 4.26. The van der Waals surface area contributed by atoms with Crippen molar-refractivity contribution in [3.8, 4) is 0 Å². The first kappa shape index (κ1) is 17.4. The van der Waals surface area contributed by atoms with E-state index in [4.69, 9.17) is 5.73 Å². The lowest BCUT2D eigenvalue weighted by molar-refractivity contribution is -0.126. The molecule has 0 bridgehead atoms. The van der Waals surface area contributed by atoms with Gasteiger partial charge in [-0.15, -0.1) is 0 Å². The van der Waals surface area contributed by atoms with Crippen LogP contribution < -0.4 is 21.7 Å². The zero-order chi connectivity index (χ0) is 14.5. The smallest absolute Gasteiger partial charge is 0.239 e. The highest BCUT2D eigenvalue weighted by Crippen LogP contribution is 1.93. The number of amides is 3. The van der Waals surface area contributed by atoms with E-state index in [9.17, 15) is 14.4 Å². The van der Waals surface area contributed by atoms with Gasteiger partial charge in [0, 0.05) is 19.4 Å². The molecule has 0 aliphatic rings. The molecule has 7 heteroatoms. The summed E-state index contributed by atoms with van der Waals surface area (Å²) in [5, 5.41) is 8.23. The molecule has 0 heterocycles. The lowest BCUT2D eigenvalue weighted by Gasteiger charge is -2.06. The fourth-order valence-corrected chi connectivity index (χ4v) is 1.41. The van der Waals surface area contributed by atoms with Gasteiger partial charge in [-0.1, -0.05) is 0 Å². The Morgan fingerprint density at radius 1 is 0.895 bits per heavy atom. The minimum Gasteiger partial charge on any atom is -0.370 e. The molecule has 0 aromatic heterocycles. The molecule has 5 N–H and O–H groups in total. The Kier molecular flexibility index (Phi) is 10.5. The van der Waals surface area contributed by atoms with Crippen molar-refractivity contribution in [3.05, 3.63) is 0 Å². The SMILES string of the molecule is CNCCCCNC(=O)CNC(=O)CCCC(N)=O. The molecule has 0 spiro atoms. The summed E-state index contributed by atoms with van der Waals surface area (Å²) in [4.78, 5) is 33.1. The van der Waals surface area contributed by atoms with Crippen LogP contribution in [0, 0.1) is 0 Å². The van der Waals surface area contributed by atoms with Crippen LogP contribution in [0.1, 0.15) is 32.1 Å². The van der Waals surface area contributed by atoms with Gasteiger partial charge < -0.3 is 21.7 Å². The Balaban J connectivity index is 3.45. The van der Waals surface area contributed by atoms with E-state index in [1.165, 1.54) is 0 Å². The summed E-state index contributed by atoms with van der Waals surface area (Å²) in [6.07, 6.45) is 2.70. The average molecular weight is 272 g/mol. The van der Waals surface area contributed by atoms with Crippen molar-refractivity contribution in [2.45, 2.75) is 32.1 Å². The molecule has 0 aliphatic heterocycles. The number of nitrogens with one attached hydrogen (secondary N) is 3. The standard InChI is InChI=1S/C12H24N4O3/c1-14-7-2-3-8-15-12(19)9-16-11(18)6-4-5-10(13)17/h14H,2-9H2,1H3,(H2,13,17)(H,15,19)(H,16,18). The van der Waals surface area contributed by atoms with Gasteiger partial charge in [0.05, 0.1) is 6.54 Å². The summed E-state index contributed by atoms with van der Waals surface area (Å²) in [7, 11) is 1.88. The first-order valence-electron chi connectivity index (χ1n) is 6.52. The van der Waals surface area contributed by atoms with Crippen LogP contribution >= 0.6 is 0 Å². The molecule has 3 amide bonds. The van der Waals surface area contributed by atoms with Crippen molar-refractivity contribution >= 4 is 17.7 Å². The number of unbranched alkanes of at least 4 members (excludes halogenated alkanes) is 1. The molecule has 0 saturated carbocycles. The summed E-state index contributed by atoms with van der Waals surface area (Å²) in [5.41, 5.74) is 4.95. The molecule has 0 radical (unpaired) electrons. The van der Waals surface area contributed by atoms with E-state index in [0.29, 0.717) is 13.0 Å². The maximum atomic E-state index is 11.3. The van der Waals surface area contributed by atoms with Gasteiger partial charge in [-0.25, -0.2) is 0 Å². The van der Waals surface area contributed by atoms with Crippen LogP contribution in [0.25, 0.3) is 0 Å². The Bertz CT molecular complexity index is 295. The van der Waals surface area contributed by atoms with E-state index < -0.39 is 5.91 Å². The molecular formula is C12H24N4O3. The van der Waals surface area contributed by atoms with Crippen LogP contribution in [0.15, 0.2) is 0 Å². The van der Waals surface area contributed by atoms with Crippen LogP contribution in [0.5, 0.6) is 0 Å². The lowest BCUT2D eigenvalue weighted by Crippen LogP contribution is -2.37. The van der Waals surface area contributed by atoms with Gasteiger partial charge in [-0.2, -0.15) is 0 Å². The number of hydrogen-bond donors (Lipinski definition) is 4. The zero-order valence-corrected chi connectivity index (χ0v) is 11.5. The second-order valence-electron chi connectivity index (χ2n) is 4.26. The van der Waals surface area contributed by atoms with Crippen molar-refractivity contribution in [2.24, 2.45) is 5.73 Å². The summed E-state index contributed by atoms with van der Waals surface area (Å²) in [6, 6.07) is 0. The molecule has 0 aromatic rings. The predicted molar refractivity (Wildman–Crippen MR) is 72.2 cm³/mol. The Labute approximate surface area is 113 Å². The van der Waals surface area contributed by atoms with Crippen LogP contribution in [-0.2, 0) is 14.4 Å². The molecule has 0 fully saturated rings. The normalized spacial score (nSPS) is 9.95. The maximum absolute atomic E-state index is 11.3. The number of rotatable bonds is 11. The van der Waals surface area contributed by atoms with Crippen molar-refractivity contribution in [2.75, 3.05) is 26.7 Å². The van der Waals surface area contributed by atoms with Gasteiger partial charge >= 0.3 is 0 Å². The molecule has 0 aliphatic carbocycles. The van der Waals surface area contributed by atoms with Crippen molar-refractivity contribution in [1.29, 1.82) is 0 Å². The second kappa shape index (κ2) is 11.5. The number of primary amides is 1. The van der Waals surface area contributed by atoms with Gasteiger partial charge in [0.1, 0.15) is 0 Å². The summed E-state index contributed by atoms with van der Waals surface area (Å²) in [5.74, 6) is -0.869. The highest BCUT2D eigenvalue weighted by atomic mass is 16.2. The molecular weight excluding hydrogens is 248 g/mol. The third kappa shape index (κ3) is 12.6. The average Bonchev–Trinajstić information content (AvgIpc) is 2.35. The van der Waals surface area contributed by atoms with Gasteiger partial charge in [0.25, 0.3) is 0 Å². The molecule has 0 atom stereocenters. The van der Waals surface area contributed by atoms with Crippen LogP contribution in [-0.4, -0.2) is 44.4 Å². The molecule has 0 rings (SSSR count). The van der Waals surface area contributed by atoms with Crippen LogP contribution in [0.3, 0.4) is 0 Å². The number of carbonyl (C=O) groups is 3. The topological polar surface area (TPSA) is 113 Å². The molecule has 19 heavy (non-hydrogen) atoms. The van der Waals surface area contributed by atoms with Gasteiger partial charge in [0.2, 0.25) is 17.7 Å². The quantitative estimate of drug-likeness (QED) is 0.357. The summed E-state index contributed by atoms with van der Waals surface area (Å²) >= 11 is 0. The maximum Gasteiger partial charge on any atom is 0.239 e. The lowest BCUT2D eigenvalue weighted by atomic mass is 10.2. The van der Waals surface area contributed by atoms with E-state index in [1.807, 2.05) is 7.05 Å². The van der Waals surface area contributed by atoms with Crippen molar-refractivity contribution in [1.82, 2.24) is 16.0 Å². The molecule has 0 saturated heterocycles. The van der Waals surface area contributed by atoms with E-state index in [2.05, 4.69) is 16.0 Å². The first-order chi connectivity index (χ1) is 9.06. The molecule has 7 nitrogen and oxygen atoms in total. The van der Waals surface area contributed by atoms with Crippen LogP contribution in [0.2, 0.25) is 0 Å². The molecule has 0 unspecified atom stereocenters. The van der Waals surface area contributed by atoms with Crippen molar-refractivity contribution < 1.29 is 14.4 Å². The number of carbonyl (C=O) groups excluding carboxylic acids is 3. The molecule has 110 valence electrons. The molecule has 0 aromatic carbocycles. The van der Waals surface area contributed by atoms with Gasteiger partial charge in [0.15, 0.2) is 0 Å². The highest BCUT2D eigenvalue weighted by Gasteiger charge is 2.05. The zero-order valence-electron chi connectivity index (χ0n) is 11.5. The minimum atomic E-state index is -0.424. The van der Waals surface area contributed by atoms with E-state index in [1.54, 1.807) is 0 Å². The van der Waals surface area contributed by atoms with E-state index in [-0.39, 0.29) is 31.2 Å². The van der Waals surface area contributed by atoms with Gasteiger partial charge in [-0.3, -0.25) is 14.4 Å². The fraction of sp³-hybridized carbons (Fsp3) is 0.750. The minimum absolute atomic E-state index is 0.0264. The van der Waals surface area contributed by atoms with E-state index >= 15 is 0 Å². The fourth-order valence-electron chi connectivity index (χ4n) is 1.41. The highest BCUT2D eigenvalue weighted by molar-refractivity contribution is 5.84. The largest absolute Gasteiger partial charge is 0.370 e. The summed E-state index contributed by atoms with van der Waals surface area (Å²) in [6.45, 7) is 1.51. The third-order valence-corrected chi connectivity index (χ3v) is 2.45. The predicted octanol–water partition coefficient (Wildman–Crippen LogP) is -1.13. The van der Waals surface area contributed by atoms with Crippen LogP contribution in [0.4, 0.5) is 0 Å².